The number of carboxylic acid groups (broad SMARTS) is 1. The van der Waals surface area contributed by atoms with E-state index in [0.29, 0.717) is 11.5 Å². The maximum Gasteiger partial charge on any atom is 0.335 e. The van der Waals surface area contributed by atoms with E-state index < -0.39 is 5.97 Å². The lowest BCUT2D eigenvalue weighted by atomic mass is 10.0. The van der Waals surface area contributed by atoms with Gasteiger partial charge in [-0.25, -0.2) is 4.79 Å². The maximum atomic E-state index is 11.0. The first-order chi connectivity index (χ1) is 9.74. The molecule has 1 atom stereocenters. The number of carbonyl (C=O) groups is 1. The molecule has 0 fully saturated rings. The van der Waals surface area contributed by atoms with Crippen molar-refractivity contribution < 1.29 is 9.90 Å². The third-order valence-corrected chi connectivity index (χ3v) is 5.74. The van der Waals surface area contributed by atoms with Gasteiger partial charge in [0, 0.05) is 27.2 Å². The van der Waals surface area contributed by atoms with Crippen molar-refractivity contribution in [1.82, 2.24) is 0 Å². The van der Waals surface area contributed by atoms with Gasteiger partial charge < -0.3 is 5.11 Å². The molecule has 0 saturated heterocycles. The Kier molecular flexibility index (Phi) is 4.03. The Balaban J connectivity index is 1.69. The first-order valence-electron chi connectivity index (χ1n) is 6.42. The van der Waals surface area contributed by atoms with Crippen LogP contribution in [0.2, 0.25) is 0 Å². The molecule has 0 saturated carbocycles. The van der Waals surface area contributed by atoms with Crippen LogP contribution in [0.15, 0.2) is 58.3 Å². The van der Waals surface area contributed by atoms with Crippen LogP contribution in [-0.4, -0.2) is 22.6 Å². The Hall–Kier alpha value is -1.39. The second kappa shape index (κ2) is 5.94. The van der Waals surface area contributed by atoms with Crippen molar-refractivity contribution in [2.75, 3.05) is 11.5 Å². The smallest absolute Gasteiger partial charge is 0.335 e. The lowest BCUT2D eigenvalue weighted by molar-refractivity contribution is 0.0696. The molecule has 102 valence electrons. The number of thioether (sulfide) groups is 2. The molecule has 1 aliphatic rings. The van der Waals surface area contributed by atoms with Crippen molar-refractivity contribution in [3.05, 3.63) is 59.7 Å². The third-order valence-electron chi connectivity index (χ3n) is 3.33. The highest BCUT2D eigenvalue weighted by atomic mass is 32.2. The average molecular weight is 302 g/mol. The van der Waals surface area contributed by atoms with Gasteiger partial charge >= 0.3 is 5.97 Å². The van der Waals surface area contributed by atoms with E-state index in [2.05, 4.69) is 24.3 Å². The molecule has 1 unspecified atom stereocenters. The fourth-order valence-corrected chi connectivity index (χ4v) is 4.76. The number of hydrogen-bond acceptors (Lipinski definition) is 3. The first-order valence-corrected chi connectivity index (χ1v) is 8.39. The molecule has 4 heteroatoms. The summed E-state index contributed by atoms with van der Waals surface area (Å²) in [7, 11) is 0. The van der Waals surface area contributed by atoms with Crippen LogP contribution in [0.25, 0.3) is 0 Å². The Morgan fingerprint density at radius 2 is 2.10 bits per heavy atom. The zero-order chi connectivity index (χ0) is 13.9. The van der Waals surface area contributed by atoms with E-state index in [0.717, 1.165) is 16.4 Å². The van der Waals surface area contributed by atoms with Crippen LogP contribution in [0.3, 0.4) is 0 Å². The van der Waals surface area contributed by atoms with Gasteiger partial charge in [0.15, 0.2) is 0 Å². The number of hydrogen-bond donors (Lipinski definition) is 1. The van der Waals surface area contributed by atoms with Crippen molar-refractivity contribution >= 4 is 29.5 Å². The minimum Gasteiger partial charge on any atom is -0.478 e. The molecule has 1 aliphatic heterocycles. The third kappa shape index (κ3) is 2.86. The molecule has 0 spiro atoms. The molecule has 1 N–H and O–H groups in total. The summed E-state index contributed by atoms with van der Waals surface area (Å²) in [6.07, 6.45) is 0. The van der Waals surface area contributed by atoms with Crippen LogP contribution in [0.1, 0.15) is 21.8 Å². The van der Waals surface area contributed by atoms with Gasteiger partial charge in [0.05, 0.1) is 5.56 Å². The largest absolute Gasteiger partial charge is 0.478 e. The lowest BCUT2D eigenvalue weighted by Gasteiger charge is -2.10. The van der Waals surface area contributed by atoms with Crippen molar-refractivity contribution in [2.24, 2.45) is 0 Å². The molecular formula is C16H14O2S2. The van der Waals surface area contributed by atoms with Gasteiger partial charge in [-0.1, -0.05) is 24.3 Å². The Morgan fingerprint density at radius 1 is 1.25 bits per heavy atom. The van der Waals surface area contributed by atoms with Crippen LogP contribution in [0.5, 0.6) is 0 Å². The minimum atomic E-state index is -0.866. The van der Waals surface area contributed by atoms with Crippen molar-refractivity contribution in [3.8, 4) is 0 Å². The maximum absolute atomic E-state index is 11.0. The minimum absolute atomic E-state index is 0.358. The quantitative estimate of drug-likeness (QED) is 0.851. The molecule has 0 radical (unpaired) electrons. The van der Waals surface area contributed by atoms with E-state index in [1.165, 1.54) is 10.5 Å². The van der Waals surface area contributed by atoms with Crippen LogP contribution in [0, 0.1) is 0 Å². The van der Waals surface area contributed by atoms with Gasteiger partial charge in [-0.05, 0) is 29.8 Å². The van der Waals surface area contributed by atoms with E-state index in [1.54, 1.807) is 23.9 Å². The molecule has 20 heavy (non-hydrogen) atoms. The van der Waals surface area contributed by atoms with Gasteiger partial charge in [-0.2, -0.15) is 0 Å². The van der Waals surface area contributed by atoms with Crippen LogP contribution in [0.4, 0.5) is 0 Å². The van der Waals surface area contributed by atoms with Crippen molar-refractivity contribution in [3.63, 3.8) is 0 Å². The summed E-state index contributed by atoms with van der Waals surface area (Å²) in [5, 5.41) is 9.01. The van der Waals surface area contributed by atoms with Gasteiger partial charge in [-0.15, -0.1) is 23.5 Å². The van der Waals surface area contributed by atoms with Gasteiger partial charge in [0.1, 0.15) is 0 Å². The van der Waals surface area contributed by atoms with E-state index in [-0.39, 0.29) is 0 Å². The Labute approximate surface area is 126 Å². The van der Waals surface area contributed by atoms with E-state index in [1.807, 2.05) is 23.9 Å². The van der Waals surface area contributed by atoms with Crippen LogP contribution < -0.4 is 0 Å². The van der Waals surface area contributed by atoms with Gasteiger partial charge in [-0.3, -0.25) is 0 Å². The van der Waals surface area contributed by atoms with Crippen molar-refractivity contribution in [2.45, 2.75) is 15.7 Å². The lowest BCUT2D eigenvalue weighted by Crippen LogP contribution is -2.00. The molecule has 2 aromatic carbocycles. The zero-order valence-corrected chi connectivity index (χ0v) is 12.4. The molecular weight excluding hydrogens is 288 g/mol. The van der Waals surface area contributed by atoms with Gasteiger partial charge in [0.2, 0.25) is 0 Å². The van der Waals surface area contributed by atoms with E-state index in [9.17, 15) is 4.79 Å². The fraction of sp³-hybridized carbons (Fsp3) is 0.188. The van der Waals surface area contributed by atoms with Crippen LogP contribution >= 0.6 is 23.5 Å². The molecule has 0 aliphatic carbocycles. The average Bonchev–Trinajstić information content (AvgIpc) is 2.89. The van der Waals surface area contributed by atoms with E-state index in [4.69, 9.17) is 5.11 Å². The summed E-state index contributed by atoms with van der Waals surface area (Å²) >= 11 is 3.65. The summed E-state index contributed by atoms with van der Waals surface area (Å²) in [6, 6.07) is 15.7. The predicted octanol–water partition coefficient (Wildman–Crippen LogP) is 4.37. The van der Waals surface area contributed by atoms with Gasteiger partial charge in [0.25, 0.3) is 0 Å². The predicted molar refractivity (Wildman–Crippen MR) is 84.0 cm³/mol. The summed E-state index contributed by atoms with van der Waals surface area (Å²) < 4.78 is 0. The molecule has 0 bridgehead atoms. The molecule has 3 rings (SSSR count). The number of benzene rings is 2. The SMILES string of the molecule is O=C(O)c1cccc(SCC2CSc3ccccc32)c1. The standard InChI is InChI=1S/C16H14O2S2/c17-16(18)11-4-3-5-13(8-11)19-9-12-10-20-15-7-2-1-6-14(12)15/h1-8,12H,9-10H2,(H,17,18). The molecule has 2 nitrogen and oxygen atoms in total. The van der Waals surface area contributed by atoms with Crippen molar-refractivity contribution in [1.29, 1.82) is 0 Å². The normalized spacial score (nSPS) is 16.9. The monoisotopic (exact) mass is 302 g/mol. The number of fused-ring (bicyclic) bond motifs is 1. The second-order valence-corrected chi connectivity index (χ2v) is 6.84. The summed E-state index contributed by atoms with van der Waals surface area (Å²) in [5.41, 5.74) is 1.79. The number of rotatable bonds is 4. The molecule has 0 amide bonds. The highest BCUT2D eigenvalue weighted by Gasteiger charge is 2.22. The summed E-state index contributed by atoms with van der Waals surface area (Å²) in [5.74, 6) is 1.79. The fourth-order valence-electron chi connectivity index (χ4n) is 2.28. The topological polar surface area (TPSA) is 37.3 Å². The molecule has 2 aromatic rings. The highest BCUT2D eigenvalue weighted by Crippen LogP contribution is 2.41. The summed E-state index contributed by atoms with van der Waals surface area (Å²) in [4.78, 5) is 13.4. The summed E-state index contributed by atoms with van der Waals surface area (Å²) in [6.45, 7) is 0. The number of aromatic carboxylic acids is 1. The zero-order valence-electron chi connectivity index (χ0n) is 10.8. The Bertz CT molecular complexity index is 640. The second-order valence-electron chi connectivity index (χ2n) is 4.69. The highest BCUT2D eigenvalue weighted by molar-refractivity contribution is 8.00. The molecule has 0 aromatic heterocycles. The van der Waals surface area contributed by atoms with E-state index >= 15 is 0 Å². The van der Waals surface area contributed by atoms with Crippen LogP contribution in [-0.2, 0) is 0 Å². The number of carboxylic acids is 1. The first kappa shape index (κ1) is 13.6. The molecule has 1 heterocycles. The Morgan fingerprint density at radius 3 is 2.95 bits per heavy atom.